The third kappa shape index (κ3) is 5.67. The number of hydrogen-bond acceptors (Lipinski definition) is 8. The summed E-state index contributed by atoms with van der Waals surface area (Å²) in [7, 11) is 0. The number of halogens is 1. The Labute approximate surface area is 190 Å². The smallest absolute Gasteiger partial charge is 0.283 e. The minimum Gasteiger partial charge on any atom is -0.321 e. The van der Waals surface area contributed by atoms with Gasteiger partial charge in [-0.05, 0) is 49.2 Å². The summed E-state index contributed by atoms with van der Waals surface area (Å²) >= 11 is 8.52. The maximum Gasteiger partial charge on any atom is 0.283 e. The fourth-order valence-corrected chi connectivity index (χ4v) is 4.49. The summed E-state index contributed by atoms with van der Waals surface area (Å²) in [6, 6.07) is 11.3. The van der Waals surface area contributed by atoms with Crippen molar-refractivity contribution in [1.82, 2.24) is 10.2 Å². The first-order chi connectivity index (χ1) is 14.8. The first kappa shape index (κ1) is 22.4. The second-order valence-corrected chi connectivity index (χ2v) is 9.14. The molecule has 1 N–H and O–H groups in total. The van der Waals surface area contributed by atoms with E-state index in [2.05, 4.69) is 15.5 Å². The summed E-state index contributed by atoms with van der Waals surface area (Å²) in [5.41, 5.74) is 1.27. The number of hydrogen-bond donors (Lipinski definition) is 1. The van der Waals surface area contributed by atoms with Crippen LogP contribution in [-0.2, 0) is 4.79 Å². The van der Waals surface area contributed by atoms with Crippen LogP contribution in [0.15, 0.2) is 51.2 Å². The van der Waals surface area contributed by atoms with Crippen molar-refractivity contribution < 1.29 is 9.72 Å². The standard InChI is InChI=1S/C20H14ClN5O3S2/c1-11-3-5-15(9-16(11)21)23-19(27)14(10-22)7-13-4-6-18(17(8-13)26(28)29)31-20-25-24-12(2)30-20/h3-9H,1-2H3,(H,23,27)/b14-7+. The number of carbonyl (C=O) groups excluding carboxylic acids is 1. The van der Waals surface area contributed by atoms with Crippen molar-refractivity contribution in [3.63, 3.8) is 0 Å². The zero-order valence-electron chi connectivity index (χ0n) is 16.2. The monoisotopic (exact) mass is 471 g/mol. The molecule has 0 saturated heterocycles. The lowest BCUT2D eigenvalue weighted by atomic mass is 10.1. The van der Waals surface area contributed by atoms with E-state index in [4.69, 9.17) is 11.6 Å². The van der Waals surface area contributed by atoms with E-state index in [1.807, 2.05) is 13.0 Å². The Bertz CT molecular complexity index is 1250. The van der Waals surface area contributed by atoms with Gasteiger partial charge in [0.15, 0.2) is 4.34 Å². The normalized spacial score (nSPS) is 11.1. The first-order valence-electron chi connectivity index (χ1n) is 8.72. The number of rotatable bonds is 6. The van der Waals surface area contributed by atoms with E-state index < -0.39 is 10.8 Å². The number of benzene rings is 2. The van der Waals surface area contributed by atoms with E-state index in [9.17, 15) is 20.2 Å². The Morgan fingerprint density at radius 1 is 1.29 bits per heavy atom. The maximum atomic E-state index is 12.5. The lowest BCUT2D eigenvalue weighted by Crippen LogP contribution is -2.13. The summed E-state index contributed by atoms with van der Waals surface area (Å²) in [4.78, 5) is 23.9. The first-order valence-corrected chi connectivity index (χ1v) is 10.7. The number of nitro benzene ring substituents is 1. The van der Waals surface area contributed by atoms with E-state index in [1.165, 1.54) is 23.5 Å². The largest absolute Gasteiger partial charge is 0.321 e. The van der Waals surface area contributed by atoms with Gasteiger partial charge >= 0.3 is 0 Å². The molecular formula is C20H14ClN5O3S2. The van der Waals surface area contributed by atoms with Gasteiger partial charge in [-0.25, -0.2) is 0 Å². The molecule has 0 unspecified atom stereocenters. The molecule has 11 heteroatoms. The Kier molecular flexibility index (Phi) is 7.02. The van der Waals surface area contributed by atoms with E-state index in [0.29, 0.717) is 25.5 Å². The molecule has 0 bridgehead atoms. The number of aryl methyl sites for hydroxylation is 2. The molecule has 8 nitrogen and oxygen atoms in total. The molecule has 0 aliphatic carbocycles. The van der Waals surface area contributed by atoms with Gasteiger partial charge in [0.2, 0.25) is 0 Å². The average Bonchev–Trinajstić information content (AvgIpc) is 3.14. The molecule has 0 aliphatic heterocycles. The Balaban J connectivity index is 1.86. The topological polar surface area (TPSA) is 122 Å². The van der Waals surface area contributed by atoms with E-state index in [0.717, 1.165) is 22.3 Å². The van der Waals surface area contributed by atoms with Crippen LogP contribution in [-0.4, -0.2) is 21.0 Å². The zero-order valence-corrected chi connectivity index (χ0v) is 18.6. The van der Waals surface area contributed by atoms with Crippen LogP contribution in [0.4, 0.5) is 11.4 Å². The van der Waals surface area contributed by atoms with Gasteiger partial charge < -0.3 is 5.32 Å². The number of aromatic nitrogens is 2. The lowest BCUT2D eigenvalue weighted by molar-refractivity contribution is -0.387. The van der Waals surface area contributed by atoms with Crippen LogP contribution in [0.2, 0.25) is 5.02 Å². The van der Waals surface area contributed by atoms with Crippen LogP contribution in [0.5, 0.6) is 0 Å². The second kappa shape index (κ2) is 9.70. The van der Waals surface area contributed by atoms with Crippen LogP contribution in [0.25, 0.3) is 6.08 Å². The molecule has 2 aromatic carbocycles. The minimum absolute atomic E-state index is 0.158. The van der Waals surface area contributed by atoms with Crippen LogP contribution in [0.1, 0.15) is 16.1 Å². The van der Waals surface area contributed by atoms with Gasteiger partial charge in [-0.2, -0.15) is 5.26 Å². The van der Waals surface area contributed by atoms with Crippen molar-refractivity contribution in [2.24, 2.45) is 0 Å². The minimum atomic E-state index is -0.646. The number of nitrogens with one attached hydrogen (secondary N) is 1. The highest BCUT2D eigenvalue weighted by molar-refractivity contribution is 8.01. The number of nitro groups is 1. The quantitative estimate of drug-likeness (QED) is 0.220. The maximum absolute atomic E-state index is 12.5. The second-order valence-electron chi connectivity index (χ2n) is 6.26. The Morgan fingerprint density at radius 2 is 2.06 bits per heavy atom. The van der Waals surface area contributed by atoms with Gasteiger partial charge in [0.05, 0.1) is 9.82 Å². The molecule has 3 aromatic rings. The van der Waals surface area contributed by atoms with Crippen LogP contribution >= 0.6 is 34.7 Å². The molecule has 31 heavy (non-hydrogen) atoms. The van der Waals surface area contributed by atoms with Gasteiger partial charge in [0.25, 0.3) is 11.6 Å². The summed E-state index contributed by atoms with van der Waals surface area (Å²) < 4.78 is 0.581. The van der Waals surface area contributed by atoms with Gasteiger partial charge in [-0.15, -0.1) is 10.2 Å². The van der Waals surface area contributed by atoms with Gasteiger partial charge in [0, 0.05) is 16.8 Å². The number of carbonyl (C=O) groups is 1. The summed E-state index contributed by atoms with van der Waals surface area (Å²) in [6.45, 7) is 3.62. The number of nitrogens with zero attached hydrogens (tertiary/aromatic N) is 4. The molecule has 3 rings (SSSR count). The van der Waals surface area contributed by atoms with E-state index >= 15 is 0 Å². The summed E-state index contributed by atoms with van der Waals surface area (Å²) in [6.07, 6.45) is 1.29. The SMILES string of the molecule is Cc1nnc(Sc2ccc(/C=C(\C#N)C(=O)Nc3ccc(C)c(Cl)c3)cc2[N+](=O)[O-])s1. The van der Waals surface area contributed by atoms with E-state index in [1.54, 1.807) is 37.3 Å². The fourth-order valence-electron chi connectivity index (χ4n) is 2.45. The average molecular weight is 472 g/mol. The third-order valence-electron chi connectivity index (χ3n) is 3.99. The zero-order chi connectivity index (χ0) is 22.5. The van der Waals surface area contributed by atoms with Crippen molar-refractivity contribution in [2.75, 3.05) is 5.32 Å². The third-order valence-corrected chi connectivity index (χ3v) is 6.35. The number of amides is 1. The van der Waals surface area contributed by atoms with Crippen molar-refractivity contribution in [3.05, 3.63) is 73.2 Å². The highest BCUT2D eigenvalue weighted by Crippen LogP contribution is 2.37. The molecule has 0 atom stereocenters. The predicted molar refractivity (Wildman–Crippen MR) is 120 cm³/mol. The van der Waals surface area contributed by atoms with Crippen LogP contribution in [0, 0.1) is 35.3 Å². The lowest BCUT2D eigenvalue weighted by Gasteiger charge is -2.06. The molecular weight excluding hydrogens is 458 g/mol. The number of nitriles is 1. The molecule has 0 aliphatic rings. The Hall–Kier alpha value is -3.26. The highest BCUT2D eigenvalue weighted by atomic mass is 35.5. The predicted octanol–water partition coefficient (Wildman–Crippen LogP) is 5.41. The van der Waals surface area contributed by atoms with Gasteiger partial charge in [-0.1, -0.05) is 46.8 Å². The molecule has 0 saturated carbocycles. The molecule has 1 amide bonds. The summed E-state index contributed by atoms with van der Waals surface area (Å²) in [5.74, 6) is -0.646. The van der Waals surface area contributed by atoms with E-state index in [-0.39, 0.29) is 11.3 Å². The van der Waals surface area contributed by atoms with Crippen molar-refractivity contribution in [3.8, 4) is 6.07 Å². The molecule has 0 fully saturated rings. The molecule has 1 aromatic heterocycles. The molecule has 1 heterocycles. The number of anilines is 1. The summed E-state index contributed by atoms with van der Waals surface area (Å²) in [5, 5.41) is 32.6. The van der Waals surface area contributed by atoms with Crippen LogP contribution < -0.4 is 5.32 Å². The molecule has 0 radical (unpaired) electrons. The van der Waals surface area contributed by atoms with Gasteiger partial charge in [-0.3, -0.25) is 14.9 Å². The van der Waals surface area contributed by atoms with Crippen molar-refractivity contribution >= 4 is 58.1 Å². The van der Waals surface area contributed by atoms with Crippen LogP contribution in [0.3, 0.4) is 0 Å². The molecule has 156 valence electrons. The molecule has 0 spiro atoms. The van der Waals surface area contributed by atoms with Gasteiger partial charge in [0.1, 0.15) is 16.6 Å². The Morgan fingerprint density at radius 3 is 2.68 bits per heavy atom. The fraction of sp³-hybridized carbons (Fsp3) is 0.100. The van der Waals surface area contributed by atoms with Crippen molar-refractivity contribution in [1.29, 1.82) is 5.26 Å². The van der Waals surface area contributed by atoms with Crippen molar-refractivity contribution in [2.45, 2.75) is 23.1 Å². The highest BCUT2D eigenvalue weighted by Gasteiger charge is 2.18.